The summed E-state index contributed by atoms with van der Waals surface area (Å²) in [5.41, 5.74) is 0. The molecule has 0 bridgehead atoms. The van der Waals surface area contributed by atoms with Crippen LogP contribution in [0.5, 0.6) is 0 Å². The van der Waals surface area contributed by atoms with E-state index in [-0.39, 0.29) is 12.2 Å². The van der Waals surface area contributed by atoms with Gasteiger partial charge in [-0.2, -0.15) is 0 Å². The molecule has 2 nitrogen and oxygen atoms in total. The van der Waals surface area contributed by atoms with Crippen molar-refractivity contribution < 1.29 is 13.9 Å². The van der Waals surface area contributed by atoms with Crippen LogP contribution in [-0.4, -0.2) is 32.6 Å². The molecule has 0 N–H and O–H groups in total. The molecule has 0 aromatic carbocycles. The molecule has 1 rings (SSSR count). The van der Waals surface area contributed by atoms with Crippen LogP contribution in [0.3, 0.4) is 0 Å². The van der Waals surface area contributed by atoms with E-state index in [0.717, 1.165) is 0 Å². The predicted molar refractivity (Wildman–Crippen MR) is 40.2 cm³/mol. The molecular formula is C8H13FO2. The molecule has 0 aliphatic heterocycles. The Labute approximate surface area is 66.0 Å². The van der Waals surface area contributed by atoms with E-state index in [9.17, 15) is 4.39 Å². The van der Waals surface area contributed by atoms with Gasteiger partial charge in [0.25, 0.3) is 0 Å². The topological polar surface area (TPSA) is 18.5 Å². The summed E-state index contributed by atoms with van der Waals surface area (Å²) < 4.78 is 22.8. The number of hydrogen-bond acceptors (Lipinski definition) is 2. The van der Waals surface area contributed by atoms with Gasteiger partial charge < -0.3 is 9.47 Å². The first-order valence-corrected chi connectivity index (χ1v) is 3.66. The molecule has 1 aliphatic rings. The molecule has 0 heterocycles. The van der Waals surface area contributed by atoms with Crippen LogP contribution in [0.1, 0.15) is 6.42 Å². The van der Waals surface area contributed by atoms with Crippen molar-refractivity contribution in [2.75, 3.05) is 14.2 Å². The van der Waals surface area contributed by atoms with Gasteiger partial charge in [0.05, 0.1) is 6.10 Å². The molecular weight excluding hydrogens is 147 g/mol. The van der Waals surface area contributed by atoms with E-state index in [4.69, 9.17) is 9.47 Å². The average Bonchev–Trinajstić information content (AvgIpc) is 2.04. The monoisotopic (exact) mass is 160 g/mol. The second-order valence-electron chi connectivity index (χ2n) is 2.61. The maximum atomic E-state index is 12.7. The summed E-state index contributed by atoms with van der Waals surface area (Å²) in [6.07, 6.45) is 2.51. The molecule has 0 saturated carbocycles. The number of rotatable bonds is 2. The zero-order valence-corrected chi connectivity index (χ0v) is 6.79. The lowest BCUT2D eigenvalue weighted by Gasteiger charge is -2.26. The van der Waals surface area contributed by atoms with Crippen molar-refractivity contribution >= 4 is 0 Å². The third kappa shape index (κ3) is 2.01. The molecule has 0 amide bonds. The van der Waals surface area contributed by atoms with Crippen molar-refractivity contribution in [2.24, 2.45) is 0 Å². The average molecular weight is 160 g/mol. The van der Waals surface area contributed by atoms with E-state index in [1.54, 1.807) is 20.3 Å². The SMILES string of the molecule is CO[C@H]1C[C@@H](F)C=C[C@H]1OC. The van der Waals surface area contributed by atoms with Crippen molar-refractivity contribution in [3.05, 3.63) is 12.2 Å². The molecule has 0 saturated heterocycles. The van der Waals surface area contributed by atoms with Crippen LogP contribution in [0.15, 0.2) is 12.2 Å². The van der Waals surface area contributed by atoms with E-state index in [1.165, 1.54) is 6.08 Å². The van der Waals surface area contributed by atoms with Gasteiger partial charge in [0.15, 0.2) is 0 Å². The highest BCUT2D eigenvalue weighted by atomic mass is 19.1. The zero-order chi connectivity index (χ0) is 8.27. The lowest BCUT2D eigenvalue weighted by atomic mass is 10.0. The molecule has 1 aliphatic carbocycles. The zero-order valence-electron chi connectivity index (χ0n) is 6.79. The first-order valence-electron chi connectivity index (χ1n) is 3.66. The number of ether oxygens (including phenoxy) is 2. The van der Waals surface area contributed by atoms with Gasteiger partial charge in [0, 0.05) is 20.6 Å². The number of alkyl halides is 1. The number of methoxy groups -OCH3 is 2. The van der Waals surface area contributed by atoms with E-state index < -0.39 is 6.17 Å². The van der Waals surface area contributed by atoms with Gasteiger partial charge in [0.2, 0.25) is 0 Å². The molecule has 0 aromatic rings. The van der Waals surface area contributed by atoms with Crippen molar-refractivity contribution in [1.82, 2.24) is 0 Å². The van der Waals surface area contributed by atoms with Crippen molar-refractivity contribution in [3.63, 3.8) is 0 Å². The molecule has 64 valence electrons. The number of allylic oxidation sites excluding steroid dienone is 1. The highest BCUT2D eigenvalue weighted by Crippen LogP contribution is 2.19. The summed E-state index contributed by atoms with van der Waals surface area (Å²) >= 11 is 0. The van der Waals surface area contributed by atoms with Crippen LogP contribution in [0.2, 0.25) is 0 Å². The van der Waals surface area contributed by atoms with Gasteiger partial charge in [-0.05, 0) is 0 Å². The maximum absolute atomic E-state index is 12.7. The molecule has 0 unspecified atom stereocenters. The van der Waals surface area contributed by atoms with Crippen molar-refractivity contribution in [3.8, 4) is 0 Å². The molecule has 0 aromatic heterocycles. The Kier molecular flexibility index (Phi) is 3.02. The van der Waals surface area contributed by atoms with E-state index >= 15 is 0 Å². The summed E-state index contributed by atoms with van der Waals surface area (Å²) in [6, 6.07) is 0. The molecule has 0 radical (unpaired) electrons. The van der Waals surface area contributed by atoms with Gasteiger partial charge in [-0.3, -0.25) is 0 Å². The minimum atomic E-state index is -0.883. The fourth-order valence-corrected chi connectivity index (χ4v) is 1.25. The summed E-state index contributed by atoms with van der Waals surface area (Å²) in [7, 11) is 3.17. The standard InChI is InChI=1S/C8H13FO2/c1-10-7-4-3-6(9)5-8(7)11-2/h3-4,6-8H,5H2,1-2H3/t6-,7+,8-/m0/s1. The third-order valence-corrected chi connectivity index (χ3v) is 1.91. The van der Waals surface area contributed by atoms with Gasteiger partial charge in [-0.15, -0.1) is 0 Å². The fraction of sp³-hybridized carbons (Fsp3) is 0.750. The van der Waals surface area contributed by atoms with Gasteiger partial charge in [0.1, 0.15) is 12.3 Å². The quantitative estimate of drug-likeness (QED) is 0.567. The second-order valence-corrected chi connectivity index (χ2v) is 2.61. The van der Waals surface area contributed by atoms with Crippen molar-refractivity contribution in [2.45, 2.75) is 24.8 Å². The molecule has 3 heteroatoms. The molecule has 3 atom stereocenters. The van der Waals surface area contributed by atoms with E-state index in [2.05, 4.69) is 0 Å². The van der Waals surface area contributed by atoms with Gasteiger partial charge >= 0.3 is 0 Å². The Morgan fingerprint density at radius 1 is 1.27 bits per heavy atom. The fourth-order valence-electron chi connectivity index (χ4n) is 1.25. The van der Waals surface area contributed by atoms with Crippen LogP contribution in [0.4, 0.5) is 4.39 Å². The Balaban J connectivity index is 2.56. The highest BCUT2D eigenvalue weighted by molar-refractivity contribution is 5.04. The molecule has 0 fully saturated rings. The number of halogens is 1. The summed E-state index contributed by atoms with van der Waals surface area (Å²) in [5.74, 6) is 0. The summed E-state index contributed by atoms with van der Waals surface area (Å²) in [5, 5.41) is 0. The van der Waals surface area contributed by atoms with E-state index in [1.807, 2.05) is 0 Å². The highest BCUT2D eigenvalue weighted by Gasteiger charge is 2.25. The van der Waals surface area contributed by atoms with Crippen LogP contribution in [0, 0.1) is 0 Å². The molecule has 11 heavy (non-hydrogen) atoms. The first kappa shape index (κ1) is 8.68. The molecule has 0 spiro atoms. The Hall–Kier alpha value is -0.410. The van der Waals surface area contributed by atoms with Gasteiger partial charge in [-0.1, -0.05) is 12.2 Å². The first-order chi connectivity index (χ1) is 5.27. The van der Waals surface area contributed by atoms with Crippen LogP contribution in [-0.2, 0) is 9.47 Å². The van der Waals surface area contributed by atoms with Crippen LogP contribution < -0.4 is 0 Å². The minimum absolute atomic E-state index is 0.0907. The Morgan fingerprint density at radius 2 is 2.00 bits per heavy atom. The minimum Gasteiger partial charge on any atom is -0.378 e. The number of hydrogen-bond donors (Lipinski definition) is 0. The van der Waals surface area contributed by atoms with Crippen LogP contribution in [0.25, 0.3) is 0 Å². The summed E-state index contributed by atoms with van der Waals surface area (Å²) in [4.78, 5) is 0. The second kappa shape index (κ2) is 3.83. The Morgan fingerprint density at radius 3 is 2.55 bits per heavy atom. The van der Waals surface area contributed by atoms with Crippen molar-refractivity contribution in [1.29, 1.82) is 0 Å². The Bertz CT molecular complexity index is 147. The maximum Gasteiger partial charge on any atom is 0.121 e. The third-order valence-electron chi connectivity index (χ3n) is 1.91. The lowest BCUT2D eigenvalue weighted by Crippen LogP contribution is -2.33. The largest absolute Gasteiger partial charge is 0.378 e. The lowest BCUT2D eigenvalue weighted by molar-refractivity contribution is -0.0289. The summed E-state index contributed by atoms with van der Waals surface area (Å²) in [6.45, 7) is 0. The van der Waals surface area contributed by atoms with Crippen LogP contribution >= 0.6 is 0 Å². The predicted octanol–water partition coefficient (Wildman–Crippen LogP) is 1.31. The normalized spacial score (nSPS) is 37.5. The van der Waals surface area contributed by atoms with E-state index in [0.29, 0.717) is 6.42 Å². The van der Waals surface area contributed by atoms with Gasteiger partial charge in [-0.25, -0.2) is 4.39 Å². The smallest absolute Gasteiger partial charge is 0.121 e.